The molecule has 0 aliphatic carbocycles. The van der Waals surface area contributed by atoms with Gasteiger partial charge in [0, 0.05) is 0 Å². The van der Waals surface area contributed by atoms with E-state index in [1.54, 1.807) is 21.6 Å². The first kappa shape index (κ1) is 10.9. The van der Waals surface area contributed by atoms with Crippen molar-refractivity contribution in [1.82, 2.24) is 0 Å². The smallest absolute Gasteiger partial charge is 0.00731 e. The zero-order valence-electron chi connectivity index (χ0n) is 7.26. The summed E-state index contributed by atoms with van der Waals surface area (Å²) in [4.78, 5) is 1.31. The molecule has 0 saturated heterocycles. The van der Waals surface area contributed by atoms with Gasteiger partial charge in [-0.1, -0.05) is 52.0 Å². The number of hydrogen-bond donors (Lipinski definition) is 0. The van der Waals surface area contributed by atoms with E-state index in [1.165, 1.54) is 4.91 Å². The first-order valence-corrected chi connectivity index (χ1v) is 5.93. The van der Waals surface area contributed by atoms with Gasteiger partial charge < -0.3 is 0 Å². The lowest BCUT2D eigenvalue weighted by Crippen LogP contribution is -1.62. The molecule has 0 nitrogen and oxygen atoms in total. The van der Waals surface area contributed by atoms with Gasteiger partial charge in [0.2, 0.25) is 0 Å². The Morgan fingerprint density at radius 2 is 2.00 bits per heavy atom. The molecule has 0 bridgehead atoms. The Labute approximate surface area is 77.2 Å². The summed E-state index contributed by atoms with van der Waals surface area (Å²) in [6, 6.07) is 0. The fraction of sp³-hybridized carbons (Fsp3) is 0.333. The van der Waals surface area contributed by atoms with E-state index in [0.29, 0.717) is 0 Å². The van der Waals surface area contributed by atoms with Crippen LogP contribution in [0.25, 0.3) is 0 Å². The Morgan fingerprint density at radius 1 is 1.36 bits per heavy atom. The first-order valence-electron chi connectivity index (χ1n) is 3.38. The largest absolute Gasteiger partial charge is 0.0961 e. The highest BCUT2D eigenvalue weighted by molar-refractivity contribution is 8.77. The number of rotatable bonds is 4. The van der Waals surface area contributed by atoms with E-state index < -0.39 is 0 Å². The molecular weight excluding hydrogens is 172 g/mol. The molecule has 0 aromatic rings. The third-order valence-corrected chi connectivity index (χ3v) is 2.78. The fourth-order valence-corrected chi connectivity index (χ4v) is 1.86. The van der Waals surface area contributed by atoms with Crippen LogP contribution in [0.3, 0.4) is 0 Å². The molecule has 0 unspecified atom stereocenters. The van der Waals surface area contributed by atoms with Gasteiger partial charge in [-0.3, -0.25) is 0 Å². The van der Waals surface area contributed by atoms with Crippen LogP contribution in [0.1, 0.15) is 13.8 Å². The molecule has 0 spiro atoms. The van der Waals surface area contributed by atoms with Crippen molar-refractivity contribution in [2.75, 3.05) is 6.26 Å². The molecular formula is C9H14S2. The van der Waals surface area contributed by atoms with E-state index in [2.05, 4.69) is 25.8 Å². The number of hydrogen-bond acceptors (Lipinski definition) is 2. The first-order chi connectivity index (χ1) is 5.16. The summed E-state index contributed by atoms with van der Waals surface area (Å²) in [6.45, 7) is 7.86. The van der Waals surface area contributed by atoms with Crippen LogP contribution < -0.4 is 0 Å². The van der Waals surface area contributed by atoms with Crippen molar-refractivity contribution in [1.29, 1.82) is 0 Å². The van der Waals surface area contributed by atoms with Crippen LogP contribution >= 0.6 is 21.6 Å². The highest BCUT2D eigenvalue weighted by Gasteiger charge is 1.83. The second-order valence-corrected chi connectivity index (χ2v) is 4.88. The van der Waals surface area contributed by atoms with Gasteiger partial charge in [-0.25, -0.2) is 0 Å². The predicted octanol–water partition coefficient (Wildman–Crippen LogP) is 4.03. The molecule has 0 heterocycles. The molecule has 0 amide bonds. The van der Waals surface area contributed by atoms with Gasteiger partial charge in [0.15, 0.2) is 0 Å². The van der Waals surface area contributed by atoms with Crippen molar-refractivity contribution in [2.45, 2.75) is 13.8 Å². The normalized spacial score (nSPS) is 12.5. The quantitative estimate of drug-likeness (QED) is 0.480. The molecule has 0 atom stereocenters. The summed E-state index contributed by atoms with van der Waals surface area (Å²) in [5, 5.41) is 0. The maximum absolute atomic E-state index is 3.77. The molecule has 0 fully saturated rings. The second kappa shape index (κ2) is 6.62. The molecule has 0 aliphatic rings. The van der Waals surface area contributed by atoms with Crippen molar-refractivity contribution in [2.24, 2.45) is 0 Å². The average Bonchev–Trinajstić information content (AvgIpc) is 1.87. The molecule has 62 valence electrons. The standard InChI is InChI=1S/C9H14S2/c1-8(2)6-5-7-9(3)11-10-4/h5-7H,1H2,2-4H3. The molecule has 11 heavy (non-hydrogen) atoms. The summed E-state index contributed by atoms with van der Waals surface area (Å²) in [6.07, 6.45) is 8.20. The fourth-order valence-electron chi connectivity index (χ4n) is 0.507. The van der Waals surface area contributed by atoms with E-state index >= 15 is 0 Å². The SMILES string of the molecule is C=C(C)C=CC=C(C)SSC. The minimum atomic E-state index is 1.09. The van der Waals surface area contributed by atoms with Crippen molar-refractivity contribution >= 4 is 21.6 Å². The lowest BCUT2D eigenvalue weighted by atomic mass is 10.3. The lowest BCUT2D eigenvalue weighted by molar-refractivity contribution is 1.55. The monoisotopic (exact) mass is 186 g/mol. The van der Waals surface area contributed by atoms with Gasteiger partial charge in [0.25, 0.3) is 0 Å². The Balaban J connectivity index is 3.80. The average molecular weight is 186 g/mol. The molecule has 0 aliphatic heterocycles. The third kappa shape index (κ3) is 7.82. The molecule has 0 N–H and O–H groups in total. The zero-order valence-corrected chi connectivity index (χ0v) is 8.89. The van der Waals surface area contributed by atoms with E-state index in [0.717, 1.165) is 5.57 Å². The summed E-state index contributed by atoms with van der Waals surface area (Å²) < 4.78 is 0. The minimum Gasteiger partial charge on any atom is -0.0961 e. The Bertz CT molecular complexity index is 178. The molecule has 0 aromatic carbocycles. The van der Waals surface area contributed by atoms with E-state index in [-0.39, 0.29) is 0 Å². The summed E-state index contributed by atoms with van der Waals surface area (Å²) in [5.74, 6) is 0. The Kier molecular flexibility index (Phi) is 6.57. The van der Waals surface area contributed by atoms with Crippen LogP contribution in [0.15, 0.2) is 35.3 Å². The maximum Gasteiger partial charge on any atom is -0.00731 e. The van der Waals surface area contributed by atoms with Crippen LogP contribution in [0, 0.1) is 0 Å². The summed E-state index contributed by atoms with van der Waals surface area (Å²) in [5.41, 5.74) is 1.09. The number of allylic oxidation sites excluding steroid dienone is 5. The van der Waals surface area contributed by atoms with Gasteiger partial charge in [-0.15, -0.1) is 0 Å². The van der Waals surface area contributed by atoms with Crippen molar-refractivity contribution in [3.05, 3.63) is 35.3 Å². The van der Waals surface area contributed by atoms with Gasteiger partial charge in [-0.05, 0) is 25.0 Å². The van der Waals surface area contributed by atoms with Crippen LogP contribution in [-0.4, -0.2) is 6.26 Å². The maximum atomic E-state index is 3.77. The molecule has 0 rings (SSSR count). The van der Waals surface area contributed by atoms with E-state index in [1.807, 2.05) is 19.1 Å². The molecule has 0 radical (unpaired) electrons. The van der Waals surface area contributed by atoms with Crippen LogP contribution in [-0.2, 0) is 0 Å². The Morgan fingerprint density at radius 3 is 2.45 bits per heavy atom. The van der Waals surface area contributed by atoms with Crippen LogP contribution in [0.4, 0.5) is 0 Å². The van der Waals surface area contributed by atoms with Crippen LogP contribution in [0.2, 0.25) is 0 Å². The van der Waals surface area contributed by atoms with Crippen molar-refractivity contribution < 1.29 is 0 Å². The van der Waals surface area contributed by atoms with Crippen LogP contribution in [0.5, 0.6) is 0 Å². The molecule has 0 aromatic heterocycles. The third-order valence-electron chi connectivity index (χ3n) is 0.926. The predicted molar refractivity (Wildman–Crippen MR) is 58.8 cm³/mol. The minimum absolute atomic E-state index is 1.09. The highest BCUT2D eigenvalue weighted by Crippen LogP contribution is 2.26. The van der Waals surface area contributed by atoms with E-state index in [9.17, 15) is 0 Å². The molecule has 0 saturated carbocycles. The second-order valence-electron chi connectivity index (χ2n) is 2.23. The summed E-state index contributed by atoms with van der Waals surface area (Å²) >= 11 is 0. The zero-order chi connectivity index (χ0) is 8.69. The summed E-state index contributed by atoms with van der Waals surface area (Å²) in [7, 11) is 3.54. The van der Waals surface area contributed by atoms with Gasteiger partial charge >= 0.3 is 0 Å². The molecule has 2 heteroatoms. The van der Waals surface area contributed by atoms with Gasteiger partial charge in [0.05, 0.1) is 0 Å². The van der Waals surface area contributed by atoms with Gasteiger partial charge in [0.1, 0.15) is 0 Å². The Hall–Kier alpha value is -0.0800. The van der Waals surface area contributed by atoms with Gasteiger partial charge in [-0.2, -0.15) is 0 Å². The highest BCUT2D eigenvalue weighted by atomic mass is 33.1. The van der Waals surface area contributed by atoms with Crippen molar-refractivity contribution in [3.8, 4) is 0 Å². The van der Waals surface area contributed by atoms with Crippen molar-refractivity contribution in [3.63, 3.8) is 0 Å². The topological polar surface area (TPSA) is 0 Å². The lowest BCUT2D eigenvalue weighted by Gasteiger charge is -1.92. The van der Waals surface area contributed by atoms with E-state index in [4.69, 9.17) is 0 Å².